The van der Waals surface area contributed by atoms with Crippen molar-refractivity contribution < 1.29 is 9.59 Å². The highest BCUT2D eigenvalue weighted by Crippen LogP contribution is 2.26. The van der Waals surface area contributed by atoms with Gasteiger partial charge in [0.25, 0.3) is 5.91 Å². The first-order valence-corrected chi connectivity index (χ1v) is 7.91. The molecule has 7 nitrogen and oxygen atoms in total. The van der Waals surface area contributed by atoms with Gasteiger partial charge in [-0.15, -0.1) is 6.58 Å². The molecule has 3 amide bonds. The van der Waals surface area contributed by atoms with Gasteiger partial charge in [-0.25, -0.2) is 9.79 Å². The molecule has 120 valence electrons. The summed E-state index contributed by atoms with van der Waals surface area (Å²) >= 11 is 0. The Morgan fingerprint density at radius 2 is 1.95 bits per heavy atom. The third-order valence-electron chi connectivity index (χ3n) is 4.55. The van der Waals surface area contributed by atoms with Crippen molar-refractivity contribution in [2.45, 2.75) is 37.9 Å². The van der Waals surface area contributed by atoms with Gasteiger partial charge >= 0.3 is 6.03 Å². The number of nitrogens with one attached hydrogen (secondary N) is 1. The van der Waals surface area contributed by atoms with E-state index in [1.165, 1.54) is 17.7 Å². The van der Waals surface area contributed by atoms with E-state index in [0.29, 0.717) is 6.54 Å². The Labute approximate surface area is 130 Å². The third-order valence-corrected chi connectivity index (χ3v) is 4.55. The number of rotatable bonds is 2. The van der Waals surface area contributed by atoms with Gasteiger partial charge in [0.05, 0.1) is 0 Å². The molecule has 3 rings (SSSR count). The molecule has 2 atom stereocenters. The van der Waals surface area contributed by atoms with Crippen molar-refractivity contribution in [3.8, 4) is 0 Å². The summed E-state index contributed by atoms with van der Waals surface area (Å²) in [7, 11) is 1.68. The van der Waals surface area contributed by atoms with Crippen LogP contribution in [0.5, 0.6) is 0 Å². The zero-order chi connectivity index (χ0) is 15.7. The number of imide groups is 1. The molecule has 7 heteroatoms. The predicted molar refractivity (Wildman–Crippen MR) is 83.3 cm³/mol. The number of guanidine groups is 1. The van der Waals surface area contributed by atoms with Gasteiger partial charge in [0.1, 0.15) is 0 Å². The number of hydrogen-bond donors (Lipinski definition) is 1. The van der Waals surface area contributed by atoms with Crippen LogP contribution >= 0.6 is 0 Å². The van der Waals surface area contributed by atoms with Gasteiger partial charge in [-0.3, -0.25) is 10.1 Å². The number of hydrogen-bond acceptors (Lipinski definition) is 5. The maximum atomic E-state index is 12.3. The quantitative estimate of drug-likeness (QED) is 0.759. The number of nitrogens with zero attached hydrogens (tertiary/aromatic N) is 4. The van der Waals surface area contributed by atoms with Crippen LogP contribution in [0.25, 0.3) is 0 Å². The molecule has 0 radical (unpaired) electrons. The summed E-state index contributed by atoms with van der Waals surface area (Å²) in [6, 6.07) is -0.843. The van der Waals surface area contributed by atoms with Crippen molar-refractivity contribution in [2.75, 3.05) is 26.7 Å². The van der Waals surface area contributed by atoms with Crippen LogP contribution in [0.15, 0.2) is 17.6 Å². The molecule has 3 aliphatic heterocycles. The van der Waals surface area contributed by atoms with Crippen molar-refractivity contribution in [1.82, 2.24) is 20.0 Å². The average molecular weight is 305 g/mol. The van der Waals surface area contributed by atoms with Gasteiger partial charge in [-0.1, -0.05) is 18.9 Å². The van der Waals surface area contributed by atoms with E-state index in [-0.39, 0.29) is 11.9 Å². The minimum absolute atomic E-state index is 0.275. The first-order chi connectivity index (χ1) is 10.6. The van der Waals surface area contributed by atoms with Crippen LogP contribution in [0, 0.1) is 0 Å². The molecule has 0 aliphatic carbocycles. The second kappa shape index (κ2) is 5.98. The SMILES string of the molecule is C=CCN1C(N2CCCCCC2)=NC2C1C(=O)NC(=O)N2C. The summed E-state index contributed by atoms with van der Waals surface area (Å²) in [5.74, 6) is 0.553. The molecule has 0 aromatic rings. The van der Waals surface area contributed by atoms with Crippen molar-refractivity contribution >= 4 is 17.9 Å². The smallest absolute Gasteiger partial charge is 0.325 e. The lowest BCUT2D eigenvalue weighted by Crippen LogP contribution is -2.64. The molecular formula is C15H23N5O2. The number of amides is 3. The normalized spacial score (nSPS) is 29.0. The van der Waals surface area contributed by atoms with Crippen LogP contribution in [-0.4, -0.2) is 71.5 Å². The Kier molecular flexibility index (Phi) is 4.04. The van der Waals surface area contributed by atoms with Gasteiger partial charge in [0.2, 0.25) is 0 Å². The summed E-state index contributed by atoms with van der Waals surface area (Å²) in [6.07, 6.45) is 6.07. The Morgan fingerprint density at radius 1 is 1.27 bits per heavy atom. The van der Waals surface area contributed by atoms with Crippen LogP contribution in [0.4, 0.5) is 4.79 Å². The maximum absolute atomic E-state index is 12.3. The van der Waals surface area contributed by atoms with Crippen molar-refractivity contribution in [3.63, 3.8) is 0 Å². The van der Waals surface area contributed by atoms with E-state index >= 15 is 0 Å². The first kappa shape index (κ1) is 14.9. The lowest BCUT2D eigenvalue weighted by atomic mass is 10.1. The van der Waals surface area contributed by atoms with Crippen LogP contribution in [0.1, 0.15) is 25.7 Å². The molecule has 0 aromatic heterocycles. The zero-order valence-electron chi connectivity index (χ0n) is 13.0. The molecule has 0 aromatic carbocycles. The van der Waals surface area contributed by atoms with Crippen LogP contribution in [0.2, 0.25) is 0 Å². The van der Waals surface area contributed by atoms with E-state index in [4.69, 9.17) is 4.99 Å². The minimum atomic E-state index is -0.459. The summed E-state index contributed by atoms with van der Waals surface area (Å²) in [5.41, 5.74) is 0. The number of carbonyl (C=O) groups excluding carboxylic acids is 2. The largest absolute Gasteiger partial charge is 0.343 e. The van der Waals surface area contributed by atoms with Crippen LogP contribution in [0.3, 0.4) is 0 Å². The number of aliphatic imine (C=N–C) groups is 1. The molecule has 2 unspecified atom stereocenters. The van der Waals surface area contributed by atoms with E-state index in [9.17, 15) is 9.59 Å². The van der Waals surface area contributed by atoms with Crippen molar-refractivity contribution in [3.05, 3.63) is 12.7 Å². The summed E-state index contributed by atoms with van der Waals surface area (Å²) in [6.45, 7) is 6.24. The molecule has 3 heterocycles. The summed E-state index contributed by atoms with van der Waals surface area (Å²) in [4.78, 5) is 34.6. The predicted octanol–water partition coefficient (Wildman–Crippen LogP) is 0.596. The summed E-state index contributed by atoms with van der Waals surface area (Å²) in [5, 5.41) is 2.40. The van der Waals surface area contributed by atoms with Gasteiger partial charge in [0.15, 0.2) is 18.2 Å². The Hall–Kier alpha value is -2.05. The van der Waals surface area contributed by atoms with Crippen molar-refractivity contribution in [1.29, 1.82) is 0 Å². The van der Waals surface area contributed by atoms with Gasteiger partial charge in [-0.2, -0.15) is 0 Å². The van der Waals surface area contributed by atoms with Gasteiger partial charge in [-0.05, 0) is 12.8 Å². The van der Waals surface area contributed by atoms with Crippen LogP contribution < -0.4 is 5.32 Å². The molecule has 0 saturated carbocycles. The highest BCUT2D eigenvalue weighted by molar-refractivity contribution is 6.03. The maximum Gasteiger partial charge on any atom is 0.325 e. The number of urea groups is 1. The molecule has 1 N–H and O–H groups in total. The number of fused-ring (bicyclic) bond motifs is 1. The molecule has 0 spiro atoms. The number of carbonyl (C=O) groups is 2. The standard InChI is InChI=1S/C15H23N5O2/c1-3-8-20-11-12(18(2)15(22)17-13(11)21)16-14(20)19-9-6-4-5-7-10-19/h3,11-12H,1,4-10H2,2H3,(H,17,21,22). The van der Waals surface area contributed by atoms with E-state index < -0.39 is 12.2 Å². The Bertz CT molecular complexity index is 510. The fraction of sp³-hybridized carbons (Fsp3) is 0.667. The molecular weight excluding hydrogens is 282 g/mol. The average Bonchev–Trinajstić information content (AvgIpc) is 2.69. The van der Waals surface area contributed by atoms with E-state index in [2.05, 4.69) is 16.8 Å². The van der Waals surface area contributed by atoms with Gasteiger partial charge < -0.3 is 14.7 Å². The number of likely N-dealkylation sites (tertiary alicyclic amines) is 1. The Balaban J connectivity index is 1.91. The lowest BCUT2D eigenvalue weighted by molar-refractivity contribution is -0.127. The minimum Gasteiger partial charge on any atom is -0.343 e. The molecule has 22 heavy (non-hydrogen) atoms. The molecule has 0 bridgehead atoms. The topological polar surface area (TPSA) is 68.2 Å². The van der Waals surface area contributed by atoms with Crippen molar-refractivity contribution in [2.24, 2.45) is 4.99 Å². The van der Waals surface area contributed by atoms with E-state index in [0.717, 1.165) is 31.9 Å². The highest BCUT2D eigenvalue weighted by atomic mass is 16.2. The monoisotopic (exact) mass is 305 g/mol. The third kappa shape index (κ3) is 2.44. The van der Waals surface area contributed by atoms with E-state index in [1.54, 1.807) is 13.1 Å². The molecule has 3 aliphatic rings. The summed E-state index contributed by atoms with van der Waals surface area (Å²) < 4.78 is 0. The molecule has 2 fully saturated rings. The zero-order valence-corrected chi connectivity index (χ0v) is 13.0. The lowest BCUT2D eigenvalue weighted by Gasteiger charge is -2.37. The van der Waals surface area contributed by atoms with E-state index in [1.807, 2.05) is 4.90 Å². The van der Waals surface area contributed by atoms with Gasteiger partial charge in [0, 0.05) is 26.7 Å². The Morgan fingerprint density at radius 3 is 2.59 bits per heavy atom. The fourth-order valence-corrected chi connectivity index (χ4v) is 3.38. The van der Waals surface area contributed by atoms with Crippen LogP contribution in [-0.2, 0) is 4.79 Å². The second-order valence-corrected chi connectivity index (χ2v) is 6.04. The molecule has 2 saturated heterocycles. The second-order valence-electron chi connectivity index (χ2n) is 6.04. The number of likely N-dealkylation sites (N-methyl/N-ethyl adjacent to an activating group) is 1. The first-order valence-electron chi connectivity index (χ1n) is 7.91. The highest BCUT2D eigenvalue weighted by Gasteiger charge is 2.49. The fourth-order valence-electron chi connectivity index (χ4n) is 3.38.